The van der Waals surface area contributed by atoms with Crippen LogP contribution in [-0.2, 0) is 4.79 Å². The summed E-state index contributed by atoms with van der Waals surface area (Å²) in [6.45, 7) is 1.91. The van der Waals surface area contributed by atoms with Crippen LogP contribution < -0.4 is 0 Å². The van der Waals surface area contributed by atoms with Gasteiger partial charge < -0.3 is 10.0 Å². The number of hydrogen-bond donors (Lipinski definition) is 1. The molecular weight excluding hydrogens is 268 g/mol. The second-order valence-corrected chi connectivity index (χ2v) is 5.73. The van der Waals surface area contributed by atoms with E-state index in [-0.39, 0.29) is 18.5 Å². The largest absolute Gasteiger partial charge is 0.481 e. The van der Waals surface area contributed by atoms with Gasteiger partial charge in [-0.15, -0.1) is 0 Å². The summed E-state index contributed by atoms with van der Waals surface area (Å²) < 4.78 is 0. The van der Waals surface area contributed by atoms with Gasteiger partial charge in [0.25, 0.3) is 5.91 Å². The Hall–Kier alpha value is -1.91. The monoisotopic (exact) mass is 290 g/mol. The summed E-state index contributed by atoms with van der Waals surface area (Å²) in [5, 5.41) is 9.13. The number of pyridine rings is 1. The van der Waals surface area contributed by atoms with E-state index in [4.69, 9.17) is 5.11 Å². The fraction of sp³-hybridized carbons (Fsp3) is 0.562. The van der Waals surface area contributed by atoms with Crippen LogP contribution >= 0.6 is 0 Å². The van der Waals surface area contributed by atoms with E-state index in [0.29, 0.717) is 5.56 Å². The van der Waals surface area contributed by atoms with E-state index < -0.39 is 11.9 Å². The van der Waals surface area contributed by atoms with Gasteiger partial charge in [0.1, 0.15) is 0 Å². The summed E-state index contributed by atoms with van der Waals surface area (Å²) in [4.78, 5) is 29.6. The van der Waals surface area contributed by atoms with Crippen molar-refractivity contribution in [1.82, 2.24) is 9.88 Å². The SMILES string of the molecule is CC(CN(C(=O)c1cccnc1)C1CCCCC1)C(=O)O. The molecule has 1 aromatic rings. The molecule has 1 amide bonds. The quantitative estimate of drug-likeness (QED) is 0.904. The van der Waals surface area contributed by atoms with E-state index in [1.807, 2.05) is 0 Å². The fourth-order valence-corrected chi connectivity index (χ4v) is 2.82. The molecule has 1 atom stereocenters. The van der Waals surface area contributed by atoms with E-state index in [1.165, 1.54) is 6.42 Å². The number of hydrogen-bond acceptors (Lipinski definition) is 3. The van der Waals surface area contributed by atoms with Crippen molar-refractivity contribution in [3.63, 3.8) is 0 Å². The molecule has 0 bridgehead atoms. The number of carboxylic acid groups (broad SMARTS) is 1. The number of amides is 1. The van der Waals surface area contributed by atoms with Gasteiger partial charge in [0.2, 0.25) is 0 Å². The summed E-state index contributed by atoms with van der Waals surface area (Å²) in [6, 6.07) is 3.61. The maximum Gasteiger partial charge on any atom is 0.308 e. The third kappa shape index (κ3) is 4.03. The molecule has 1 saturated carbocycles. The normalized spacial score (nSPS) is 17.2. The van der Waals surface area contributed by atoms with Gasteiger partial charge in [0.15, 0.2) is 0 Å². The molecule has 1 aromatic heterocycles. The van der Waals surface area contributed by atoms with Gasteiger partial charge in [0, 0.05) is 25.0 Å². The molecular formula is C16H22N2O3. The molecule has 21 heavy (non-hydrogen) atoms. The van der Waals surface area contributed by atoms with Gasteiger partial charge in [-0.25, -0.2) is 0 Å². The third-order valence-corrected chi connectivity index (χ3v) is 4.08. The Morgan fingerprint density at radius 3 is 2.67 bits per heavy atom. The van der Waals surface area contributed by atoms with E-state index in [9.17, 15) is 9.59 Å². The van der Waals surface area contributed by atoms with Crippen molar-refractivity contribution in [2.75, 3.05) is 6.54 Å². The smallest absolute Gasteiger partial charge is 0.308 e. The van der Waals surface area contributed by atoms with Crippen molar-refractivity contribution in [2.24, 2.45) is 5.92 Å². The predicted octanol–water partition coefficient (Wildman–Crippen LogP) is 2.58. The average Bonchev–Trinajstić information content (AvgIpc) is 2.53. The molecule has 2 rings (SSSR count). The molecule has 1 fully saturated rings. The lowest BCUT2D eigenvalue weighted by molar-refractivity contribution is -0.141. The highest BCUT2D eigenvalue weighted by molar-refractivity contribution is 5.94. The molecule has 1 unspecified atom stereocenters. The molecule has 1 aliphatic carbocycles. The standard InChI is InChI=1S/C16H22N2O3/c1-12(16(20)21)11-18(14-7-3-2-4-8-14)15(19)13-6-5-9-17-10-13/h5-6,9-10,12,14H,2-4,7-8,11H2,1H3,(H,20,21). The summed E-state index contributed by atoms with van der Waals surface area (Å²) in [5.74, 6) is -1.54. The minimum absolute atomic E-state index is 0.108. The zero-order valence-corrected chi connectivity index (χ0v) is 12.4. The van der Waals surface area contributed by atoms with Crippen molar-refractivity contribution in [3.8, 4) is 0 Å². The van der Waals surface area contributed by atoms with Crippen molar-refractivity contribution >= 4 is 11.9 Å². The minimum atomic E-state index is -0.866. The van der Waals surface area contributed by atoms with Gasteiger partial charge in [-0.1, -0.05) is 26.2 Å². The predicted molar refractivity (Wildman–Crippen MR) is 78.9 cm³/mol. The van der Waals surface area contributed by atoms with Gasteiger partial charge >= 0.3 is 5.97 Å². The Labute approximate surface area is 125 Å². The van der Waals surface area contributed by atoms with Crippen LogP contribution in [0.4, 0.5) is 0 Å². The van der Waals surface area contributed by atoms with Crippen LogP contribution in [0.1, 0.15) is 49.4 Å². The van der Waals surface area contributed by atoms with Crippen molar-refractivity contribution in [2.45, 2.75) is 45.1 Å². The Morgan fingerprint density at radius 2 is 2.10 bits per heavy atom. The summed E-state index contributed by atoms with van der Waals surface area (Å²) in [6.07, 6.45) is 8.48. The minimum Gasteiger partial charge on any atom is -0.481 e. The first-order chi connectivity index (χ1) is 10.1. The second-order valence-electron chi connectivity index (χ2n) is 5.73. The zero-order valence-electron chi connectivity index (χ0n) is 12.4. The molecule has 0 radical (unpaired) electrons. The first kappa shape index (κ1) is 15.5. The first-order valence-electron chi connectivity index (χ1n) is 7.53. The number of rotatable bonds is 5. The van der Waals surface area contributed by atoms with Gasteiger partial charge in [-0.3, -0.25) is 14.6 Å². The molecule has 1 N–H and O–H groups in total. The fourth-order valence-electron chi connectivity index (χ4n) is 2.82. The molecule has 0 spiro atoms. The van der Waals surface area contributed by atoms with E-state index in [1.54, 1.807) is 36.4 Å². The Morgan fingerprint density at radius 1 is 1.38 bits per heavy atom. The third-order valence-electron chi connectivity index (χ3n) is 4.08. The van der Waals surface area contributed by atoms with Crippen molar-refractivity contribution in [3.05, 3.63) is 30.1 Å². The van der Waals surface area contributed by atoms with Gasteiger partial charge in [0.05, 0.1) is 11.5 Å². The van der Waals surface area contributed by atoms with Gasteiger partial charge in [-0.2, -0.15) is 0 Å². The Kier molecular flexibility index (Phi) is 5.31. The van der Waals surface area contributed by atoms with E-state index in [2.05, 4.69) is 4.98 Å². The average molecular weight is 290 g/mol. The topological polar surface area (TPSA) is 70.5 Å². The lowest BCUT2D eigenvalue weighted by Gasteiger charge is -2.35. The number of aromatic nitrogens is 1. The lowest BCUT2D eigenvalue weighted by Crippen LogP contribution is -2.45. The molecule has 0 aromatic carbocycles. The number of carbonyl (C=O) groups excluding carboxylic acids is 1. The molecule has 0 aliphatic heterocycles. The molecule has 0 saturated heterocycles. The lowest BCUT2D eigenvalue weighted by atomic mass is 9.93. The molecule has 1 aliphatic rings. The highest BCUT2D eigenvalue weighted by Gasteiger charge is 2.29. The highest BCUT2D eigenvalue weighted by atomic mass is 16.4. The summed E-state index contributed by atoms with van der Waals surface area (Å²) in [5.41, 5.74) is 0.528. The maximum absolute atomic E-state index is 12.7. The van der Waals surface area contributed by atoms with Crippen LogP contribution in [0.5, 0.6) is 0 Å². The number of nitrogens with zero attached hydrogens (tertiary/aromatic N) is 2. The van der Waals surface area contributed by atoms with Crippen molar-refractivity contribution < 1.29 is 14.7 Å². The van der Waals surface area contributed by atoms with Crippen LogP contribution in [0.15, 0.2) is 24.5 Å². The maximum atomic E-state index is 12.7. The van der Waals surface area contributed by atoms with Crippen LogP contribution in [-0.4, -0.2) is 39.5 Å². The van der Waals surface area contributed by atoms with Crippen LogP contribution in [0.3, 0.4) is 0 Å². The second kappa shape index (κ2) is 7.20. The summed E-state index contributed by atoms with van der Waals surface area (Å²) in [7, 11) is 0. The Balaban J connectivity index is 2.18. The molecule has 114 valence electrons. The van der Waals surface area contributed by atoms with Gasteiger partial charge in [-0.05, 0) is 25.0 Å². The van der Waals surface area contributed by atoms with Crippen LogP contribution in [0.25, 0.3) is 0 Å². The van der Waals surface area contributed by atoms with Crippen LogP contribution in [0.2, 0.25) is 0 Å². The zero-order chi connectivity index (χ0) is 15.2. The van der Waals surface area contributed by atoms with E-state index in [0.717, 1.165) is 25.7 Å². The summed E-state index contributed by atoms with van der Waals surface area (Å²) >= 11 is 0. The molecule has 5 heteroatoms. The number of carboxylic acids is 1. The molecule has 1 heterocycles. The van der Waals surface area contributed by atoms with Crippen LogP contribution in [0, 0.1) is 5.92 Å². The highest BCUT2D eigenvalue weighted by Crippen LogP contribution is 2.25. The van der Waals surface area contributed by atoms with Crippen molar-refractivity contribution in [1.29, 1.82) is 0 Å². The molecule has 5 nitrogen and oxygen atoms in total. The first-order valence-corrected chi connectivity index (χ1v) is 7.53. The van der Waals surface area contributed by atoms with E-state index >= 15 is 0 Å². The number of carbonyl (C=O) groups is 2. The number of aliphatic carboxylic acids is 1. The Bertz CT molecular complexity index is 484.